The standard InChI is InChI=1S/C12H14P/c1-3-4-5-10-6-7-11-8-13-9(2)12(10)11/h6-7H,3-5H2,1-2H3. The molecule has 1 aliphatic carbocycles. The van der Waals surface area contributed by atoms with Gasteiger partial charge in [0.05, 0.1) is 0 Å². The molecule has 0 unspecified atom stereocenters. The van der Waals surface area contributed by atoms with Crippen molar-refractivity contribution in [2.75, 3.05) is 0 Å². The molecule has 13 heavy (non-hydrogen) atoms. The third-order valence-electron chi connectivity index (χ3n) is 2.55. The van der Waals surface area contributed by atoms with Gasteiger partial charge in [-0.2, -0.15) is 0 Å². The minimum absolute atomic E-state index is 1.24. The van der Waals surface area contributed by atoms with Gasteiger partial charge in [-0.15, -0.1) is 0 Å². The van der Waals surface area contributed by atoms with E-state index in [9.17, 15) is 0 Å². The van der Waals surface area contributed by atoms with Crippen LogP contribution >= 0.6 is 8.20 Å². The van der Waals surface area contributed by atoms with E-state index in [0.29, 0.717) is 0 Å². The highest BCUT2D eigenvalue weighted by molar-refractivity contribution is 7.44. The molecular formula is C12H14P. The van der Waals surface area contributed by atoms with Gasteiger partial charge >= 0.3 is 0 Å². The lowest BCUT2D eigenvalue weighted by molar-refractivity contribution is 0.795. The molecule has 0 amide bonds. The Morgan fingerprint density at radius 1 is 1.38 bits per heavy atom. The summed E-state index contributed by atoms with van der Waals surface area (Å²) in [7, 11) is 1.28. The number of hydrogen-bond donors (Lipinski definition) is 0. The second kappa shape index (κ2) is 3.64. The zero-order chi connectivity index (χ0) is 9.26. The van der Waals surface area contributed by atoms with Crippen LogP contribution in [0.15, 0.2) is 34.2 Å². The Labute approximate surface area is 81.8 Å². The summed E-state index contributed by atoms with van der Waals surface area (Å²) in [6, 6.07) is 0. The van der Waals surface area contributed by atoms with E-state index < -0.39 is 0 Å². The topological polar surface area (TPSA) is 0 Å². The molecule has 0 saturated heterocycles. The van der Waals surface area contributed by atoms with Crippen LogP contribution in [0.1, 0.15) is 33.1 Å². The second-order valence-electron chi connectivity index (χ2n) is 3.56. The summed E-state index contributed by atoms with van der Waals surface area (Å²) in [6.07, 6.45) is 8.31. The maximum Gasteiger partial charge on any atom is 0.0224 e. The van der Waals surface area contributed by atoms with E-state index >= 15 is 0 Å². The highest BCUT2D eigenvalue weighted by atomic mass is 31.1. The van der Waals surface area contributed by atoms with Gasteiger partial charge in [-0.3, -0.25) is 0 Å². The SMILES string of the molecule is CCCCC1=CC=C2[C]=PC(C)=C21. The van der Waals surface area contributed by atoms with E-state index in [1.165, 1.54) is 49.5 Å². The Balaban J connectivity index is 2.15. The lowest BCUT2D eigenvalue weighted by Crippen LogP contribution is -1.88. The van der Waals surface area contributed by atoms with Crippen LogP contribution in [0.4, 0.5) is 0 Å². The molecule has 0 N–H and O–H groups in total. The van der Waals surface area contributed by atoms with Crippen molar-refractivity contribution in [2.45, 2.75) is 33.1 Å². The van der Waals surface area contributed by atoms with Gasteiger partial charge in [0, 0.05) is 5.80 Å². The fourth-order valence-electron chi connectivity index (χ4n) is 1.82. The Morgan fingerprint density at radius 3 is 3.00 bits per heavy atom. The molecule has 0 fully saturated rings. The molecule has 0 aromatic carbocycles. The molecule has 2 rings (SSSR count). The molecule has 0 saturated carbocycles. The van der Waals surface area contributed by atoms with E-state index in [-0.39, 0.29) is 0 Å². The van der Waals surface area contributed by atoms with Crippen molar-refractivity contribution < 1.29 is 0 Å². The first kappa shape index (κ1) is 8.97. The van der Waals surface area contributed by atoms with Crippen molar-refractivity contribution in [3.8, 4) is 0 Å². The highest BCUT2D eigenvalue weighted by Crippen LogP contribution is 2.40. The molecule has 0 aromatic rings. The zero-order valence-electron chi connectivity index (χ0n) is 8.22. The fraction of sp³-hybridized carbons (Fsp3) is 0.417. The van der Waals surface area contributed by atoms with E-state index in [0.717, 1.165) is 0 Å². The van der Waals surface area contributed by atoms with Crippen LogP contribution in [0.2, 0.25) is 0 Å². The van der Waals surface area contributed by atoms with E-state index in [4.69, 9.17) is 0 Å². The monoisotopic (exact) mass is 189 g/mol. The van der Waals surface area contributed by atoms with Gasteiger partial charge in [-0.05, 0) is 41.8 Å². The summed E-state index contributed by atoms with van der Waals surface area (Å²) in [4.78, 5) is 0. The van der Waals surface area contributed by atoms with Gasteiger partial charge < -0.3 is 0 Å². The minimum atomic E-state index is 1.24. The number of rotatable bonds is 3. The van der Waals surface area contributed by atoms with Crippen LogP contribution in [-0.2, 0) is 0 Å². The van der Waals surface area contributed by atoms with Gasteiger partial charge in [-0.25, -0.2) is 0 Å². The minimum Gasteiger partial charge on any atom is -0.0654 e. The van der Waals surface area contributed by atoms with Crippen LogP contribution in [-0.4, -0.2) is 5.80 Å². The third kappa shape index (κ3) is 1.56. The fourth-order valence-corrected chi connectivity index (χ4v) is 2.67. The summed E-state index contributed by atoms with van der Waals surface area (Å²) >= 11 is 0. The molecule has 0 aromatic heterocycles. The van der Waals surface area contributed by atoms with Crippen molar-refractivity contribution in [1.29, 1.82) is 0 Å². The van der Waals surface area contributed by atoms with E-state index in [1.807, 2.05) is 0 Å². The molecule has 1 heteroatoms. The molecule has 0 spiro atoms. The number of unbranched alkanes of at least 4 members (excludes halogenated alkanes) is 1. The quantitative estimate of drug-likeness (QED) is 0.589. The zero-order valence-corrected chi connectivity index (χ0v) is 9.12. The highest BCUT2D eigenvalue weighted by Gasteiger charge is 2.19. The van der Waals surface area contributed by atoms with Gasteiger partial charge in [0.2, 0.25) is 0 Å². The first-order chi connectivity index (χ1) is 6.33. The van der Waals surface area contributed by atoms with Crippen molar-refractivity contribution in [2.24, 2.45) is 0 Å². The van der Waals surface area contributed by atoms with Gasteiger partial charge in [0.25, 0.3) is 0 Å². The van der Waals surface area contributed by atoms with Gasteiger partial charge in [-0.1, -0.05) is 33.7 Å². The maximum atomic E-state index is 3.38. The first-order valence-corrected chi connectivity index (χ1v) is 5.81. The molecule has 67 valence electrons. The van der Waals surface area contributed by atoms with Crippen LogP contribution in [0.5, 0.6) is 0 Å². The summed E-state index contributed by atoms with van der Waals surface area (Å²) in [5.74, 6) is 3.38. The molecule has 0 bridgehead atoms. The molecule has 1 radical (unpaired) electrons. The molecule has 0 nitrogen and oxygen atoms in total. The second-order valence-corrected chi connectivity index (χ2v) is 4.68. The maximum absolute atomic E-state index is 3.38. The summed E-state index contributed by atoms with van der Waals surface area (Å²) < 4.78 is 0. The predicted molar refractivity (Wildman–Crippen MR) is 60.3 cm³/mol. The average Bonchev–Trinajstić information content (AvgIpc) is 2.67. The van der Waals surface area contributed by atoms with Gasteiger partial charge in [0.1, 0.15) is 0 Å². The van der Waals surface area contributed by atoms with Crippen molar-refractivity contribution in [3.05, 3.63) is 34.2 Å². The summed E-state index contributed by atoms with van der Waals surface area (Å²) in [5.41, 5.74) is 4.37. The molecule has 1 heterocycles. The van der Waals surface area contributed by atoms with Crippen LogP contribution in [0.3, 0.4) is 0 Å². The molecule has 2 aliphatic rings. The normalized spacial score (nSPS) is 20.5. The Morgan fingerprint density at radius 2 is 2.23 bits per heavy atom. The predicted octanol–water partition coefficient (Wildman–Crippen LogP) is 3.96. The van der Waals surface area contributed by atoms with E-state index in [2.05, 4.69) is 31.8 Å². The third-order valence-corrected chi connectivity index (χ3v) is 3.46. The lowest BCUT2D eigenvalue weighted by atomic mass is 10.00. The lowest BCUT2D eigenvalue weighted by Gasteiger charge is -2.05. The van der Waals surface area contributed by atoms with Crippen LogP contribution in [0.25, 0.3) is 0 Å². The number of hydrogen-bond acceptors (Lipinski definition) is 0. The Hall–Kier alpha value is -0.610. The van der Waals surface area contributed by atoms with Crippen molar-refractivity contribution >= 4 is 14.0 Å². The van der Waals surface area contributed by atoms with Gasteiger partial charge in [0.15, 0.2) is 0 Å². The molecular weight excluding hydrogens is 175 g/mol. The average molecular weight is 189 g/mol. The van der Waals surface area contributed by atoms with Crippen LogP contribution < -0.4 is 0 Å². The largest absolute Gasteiger partial charge is 0.0654 e. The summed E-state index contributed by atoms with van der Waals surface area (Å²) in [6.45, 7) is 4.46. The smallest absolute Gasteiger partial charge is 0.0224 e. The number of allylic oxidation sites excluding steroid dienone is 6. The summed E-state index contributed by atoms with van der Waals surface area (Å²) in [5, 5.41) is 1.48. The van der Waals surface area contributed by atoms with E-state index in [1.54, 1.807) is 0 Å². The molecule has 0 atom stereocenters. The number of fused-ring (bicyclic) bond motifs is 1. The Bertz CT molecular complexity index is 340. The van der Waals surface area contributed by atoms with Crippen molar-refractivity contribution in [1.82, 2.24) is 0 Å². The molecule has 1 aliphatic heterocycles. The first-order valence-electron chi connectivity index (χ1n) is 4.92. The van der Waals surface area contributed by atoms with Crippen molar-refractivity contribution in [3.63, 3.8) is 0 Å². The van der Waals surface area contributed by atoms with Crippen LogP contribution in [0, 0.1) is 0 Å². The Kier molecular flexibility index (Phi) is 2.51.